The minimum Gasteiger partial charge on any atom is -0.377 e. The van der Waals surface area contributed by atoms with Crippen LogP contribution in [0.25, 0.3) is 0 Å². The summed E-state index contributed by atoms with van der Waals surface area (Å²) in [7, 11) is -3.45. The Morgan fingerprint density at radius 1 is 1.45 bits per heavy atom. The number of aromatic nitrogens is 4. The molecule has 3 rings (SSSR count). The van der Waals surface area contributed by atoms with Gasteiger partial charge in [0.05, 0.1) is 43.7 Å². The molecule has 0 aliphatic carbocycles. The number of imidazole rings is 1. The highest BCUT2D eigenvalue weighted by molar-refractivity contribution is 7.90. The van der Waals surface area contributed by atoms with Crippen LogP contribution in [-0.2, 0) is 14.6 Å². The molecule has 0 spiro atoms. The highest BCUT2D eigenvalue weighted by Crippen LogP contribution is 2.28. The third-order valence-electron chi connectivity index (χ3n) is 3.48. The Balaban J connectivity index is 1.97. The minimum absolute atomic E-state index is 0.0745. The van der Waals surface area contributed by atoms with Crippen LogP contribution >= 0.6 is 0 Å². The van der Waals surface area contributed by atoms with Crippen LogP contribution in [-0.4, -0.2) is 65.4 Å². The lowest BCUT2D eigenvalue weighted by Gasteiger charge is -2.35. The molecule has 1 aliphatic rings. The highest BCUT2D eigenvalue weighted by Gasteiger charge is 2.34. The summed E-state index contributed by atoms with van der Waals surface area (Å²) >= 11 is 0. The summed E-state index contributed by atoms with van der Waals surface area (Å²) in [4.78, 5) is 20.8. The van der Waals surface area contributed by atoms with Crippen molar-refractivity contribution in [2.24, 2.45) is 0 Å². The van der Waals surface area contributed by atoms with Crippen molar-refractivity contribution in [3.8, 4) is 0 Å². The molecule has 2 N–H and O–H groups in total. The zero-order chi connectivity index (χ0) is 15.7. The van der Waals surface area contributed by atoms with Gasteiger partial charge >= 0.3 is 0 Å². The average molecular weight is 325 g/mol. The van der Waals surface area contributed by atoms with E-state index in [1.807, 2.05) is 0 Å². The molecule has 0 saturated carbocycles. The SMILES string of the molecule is CS(=O)(=O)c1cn[nH]c1C1COCCN1C(=O)c1cnc[nH]1. The van der Waals surface area contributed by atoms with Crippen molar-refractivity contribution in [3.63, 3.8) is 0 Å². The molecule has 2 aromatic heterocycles. The number of carbonyl (C=O) groups excluding carboxylic acids is 1. The molecular weight excluding hydrogens is 310 g/mol. The van der Waals surface area contributed by atoms with E-state index in [-0.39, 0.29) is 17.4 Å². The highest BCUT2D eigenvalue weighted by atomic mass is 32.2. The van der Waals surface area contributed by atoms with Crippen LogP contribution in [0.2, 0.25) is 0 Å². The molecule has 10 heteroatoms. The summed E-state index contributed by atoms with van der Waals surface area (Å²) in [6, 6.07) is -0.545. The number of sulfone groups is 1. The van der Waals surface area contributed by atoms with E-state index in [0.717, 1.165) is 6.26 Å². The van der Waals surface area contributed by atoms with E-state index >= 15 is 0 Å². The van der Waals surface area contributed by atoms with Crippen LogP contribution in [0.1, 0.15) is 22.2 Å². The molecule has 0 aromatic carbocycles. The van der Waals surface area contributed by atoms with E-state index in [9.17, 15) is 13.2 Å². The molecule has 1 fully saturated rings. The largest absolute Gasteiger partial charge is 0.377 e. The minimum atomic E-state index is -3.45. The first-order chi connectivity index (χ1) is 10.5. The quantitative estimate of drug-likeness (QED) is 0.802. The molecular formula is C12H15N5O4S. The summed E-state index contributed by atoms with van der Waals surface area (Å²) in [6.45, 7) is 0.939. The average Bonchev–Trinajstić information content (AvgIpc) is 3.17. The molecule has 1 unspecified atom stereocenters. The summed E-state index contributed by atoms with van der Waals surface area (Å²) in [5, 5.41) is 6.49. The van der Waals surface area contributed by atoms with Crippen molar-refractivity contribution < 1.29 is 17.9 Å². The third-order valence-corrected chi connectivity index (χ3v) is 4.61. The molecule has 1 atom stereocenters. The first-order valence-electron chi connectivity index (χ1n) is 6.59. The molecule has 22 heavy (non-hydrogen) atoms. The fourth-order valence-corrected chi connectivity index (χ4v) is 3.26. The van der Waals surface area contributed by atoms with E-state index in [1.54, 1.807) is 4.90 Å². The van der Waals surface area contributed by atoms with Crippen molar-refractivity contribution in [1.82, 2.24) is 25.1 Å². The van der Waals surface area contributed by atoms with Gasteiger partial charge in [-0.2, -0.15) is 5.10 Å². The lowest BCUT2D eigenvalue weighted by atomic mass is 10.1. The molecule has 2 aromatic rings. The molecule has 3 heterocycles. The molecule has 9 nitrogen and oxygen atoms in total. The number of rotatable bonds is 3. The van der Waals surface area contributed by atoms with Gasteiger partial charge in [-0.05, 0) is 0 Å². The van der Waals surface area contributed by atoms with Crippen LogP contribution in [0, 0.1) is 0 Å². The summed E-state index contributed by atoms with van der Waals surface area (Å²) in [5.74, 6) is -0.264. The van der Waals surface area contributed by atoms with Crippen molar-refractivity contribution in [1.29, 1.82) is 0 Å². The predicted octanol–water partition coefficient (Wildman–Crippen LogP) is -0.250. The zero-order valence-corrected chi connectivity index (χ0v) is 12.6. The first-order valence-corrected chi connectivity index (χ1v) is 8.48. The van der Waals surface area contributed by atoms with Gasteiger partial charge in [-0.25, -0.2) is 13.4 Å². The molecule has 0 bridgehead atoms. The van der Waals surface area contributed by atoms with Gasteiger partial charge in [0.1, 0.15) is 10.6 Å². The number of morpholine rings is 1. The Morgan fingerprint density at radius 2 is 2.27 bits per heavy atom. The van der Waals surface area contributed by atoms with Crippen LogP contribution in [0.4, 0.5) is 0 Å². The fourth-order valence-electron chi connectivity index (χ4n) is 2.43. The number of nitrogens with zero attached hydrogens (tertiary/aromatic N) is 3. The van der Waals surface area contributed by atoms with E-state index in [2.05, 4.69) is 20.2 Å². The predicted molar refractivity (Wildman–Crippen MR) is 74.9 cm³/mol. The van der Waals surface area contributed by atoms with Crippen molar-refractivity contribution in [2.45, 2.75) is 10.9 Å². The standard InChI is InChI=1S/C12H15N5O4S/c1-22(19,20)10-5-15-16-11(10)9-6-21-3-2-17(9)12(18)8-4-13-7-14-8/h4-5,7,9H,2-3,6H2,1H3,(H,13,14)(H,15,16). The number of H-pyrrole nitrogens is 2. The second-order valence-electron chi connectivity index (χ2n) is 4.97. The maximum absolute atomic E-state index is 12.5. The van der Waals surface area contributed by atoms with Crippen LogP contribution in [0.5, 0.6) is 0 Å². The molecule has 118 valence electrons. The Labute approximate surface area is 126 Å². The molecule has 1 aliphatic heterocycles. The number of amides is 1. The fraction of sp³-hybridized carbons (Fsp3) is 0.417. The van der Waals surface area contributed by atoms with Gasteiger partial charge in [-0.1, -0.05) is 0 Å². The van der Waals surface area contributed by atoms with Crippen molar-refractivity contribution in [3.05, 3.63) is 30.1 Å². The van der Waals surface area contributed by atoms with Gasteiger partial charge in [0, 0.05) is 12.8 Å². The number of nitrogens with one attached hydrogen (secondary N) is 2. The van der Waals surface area contributed by atoms with Crippen LogP contribution in [0.15, 0.2) is 23.6 Å². The van der Waals surface area contributed by atoms with E-state index < -0.39 is 15.9 Å². The van der Waals surface area contributed by atoms with E-state index in [1.165, 1.54) is 18.7 Å². The summed E-state index contributed by atoms with van der Waals surface area (Å²) in [6.07, 6.45) is 5.20. The molecule has 0 radical (unpaired) electrons. The lowest BCUT2D eigenvalue weighted by molar-refractivity contribution is -0.00496. The third kappa shape index (κ3) is 2.62. The number of aromatic amines is 2. The van der Waals surface area contributed by atoms with Gasteiger partial charge in [0.25, 0.3) is 5.91 Å². The van der Waals surface area contributed by atoms with Crippen LogP contribution < -0.4 is 0 Å². The van der Waals surface area contributed by atoms with Gasteiger partial charge < -0.3 is 14.6 Å². The first kappa shape index (κ1) is 14.7. The number of ether oxygens (including phenoxy) is 1. The second-order valence-corrected chi connectivity index (χ2v) is 6.96. The normalized spacial score (nSPS) is 19.3. The Bertz CT molecular complexity index is 767. The number of hydrogen-bond donors (Lipinski definition) is 2. The van der Waals surface area contributed by atoms with Gasteiger partial charge in [0.2, 0.25) is 0 Å². The monoisotopic (exact) mass is 325 g/mol. The lowest BCUT2D eigenvalue weighted by Crippen LogP contribution is -2.44. The van der Waals surface area contributed by atoms with Crippen molar-refractivity contribution in [2.75, 3.05) is 26.0 Å². The van der Waals surface area contributed by atoms with Gasteiger partial charge in [-0.15, -0.1) is 0 Å². The van der Waals surface area contributed by atoms with E-state index in [0.29, 0.717) is 24.5 Å². The van der Waals surface area contributed by atoms with E-state index in [4.69, 9.17) is 4.74 Å². The Kier molecular flexibility index (Phi) is 3.71. The van der Waals surface area contributed by atoms with Crippen LogP contribution in [0.3, 0.4) is 0 Å². The maximum atomic E-state index is 12.5. The molecule has 1 amide bonds. The van der Waals surface area contributed by atoms with Gasteiger partial charge in [0.15, 0.2) is 9.84 Å². The Hall–Kier alpha value is -2.20. The number of hydrogen-bond acceptors (Lipinski definition) is 6. The van der Waals surface area contributed by atoms with Crippen molar-refractivity contribution >= 4 is 15.7 Å². The second kappa shape index (κ2) is 5.54. The maximum Gasteiger partial charge on any atom is 0.272 e. The zero-order valence-electron chi connectivity index (χ0n) is 11.8. The summed E-state index contributed by atoms with van der Waals surface area (Å²) < 4.78 is 29.1. The molecule has 1 saturated heterocycles. The smallest absolute Gasteiger partial charge is 0.272 e. The van der Waals surface area contributed by atoms with Gasteiger partial charge in [-0.3, -0.25) is 9.89 Å². The Morgan fingerprint density at radius 3 is 2.95 bits per heavy atom. The summed E-state index contributed by atoms with van der Waals surface area (Å²) in [5.41, 5.74) is 0.697. The topological polar surface area (TPSA) is 121 Å². The number of carbonyl (C=O) groups is 1.